The lowest BCUT2D eigenvalue weighted by Crippen LogP contribution is -2.14. The van der Waals surface area contributed by atoms with Crippen molar-refractivity contribution in [1.82, 2.24) is 0 Å². The van der Waals surface area contributed by atoms with Crippen molar-refractivity contribution in [2.75, 3.05) is 0 Å². The van der Waals surface area contributed by atoms with Crippen LogP contribution in [-0.2, 0) is 0 Å². The molecule has 3 aliphatic rings. The summed E-state index contributed by atoms with van der Waals surface area (Å²) in [5, 5.41) is 0. The summed E-state index contributed by atoms with van der Waals surface area (Å²) in [7, 11) is 0. The molecule has 0 heterocycles. The zero-order valence-electron chi connectivity index (χ0n) is 7.14. The first kappa shape index (κ1) is 6.69. The Hall–Kier alpha value is 0. The van der Waals surface area contributed by atoms with Gasteiger partial charge in [0.1, 0.15) is 0 Å². The smallest absolute Gasteiger partial charge is 0.0357 e. The monoisotopic (exact) mass is 138 g/mol. The minimum Gasteiger partial charge on any atom is -0.0654 e. The molecular weight excluding hydrogens is 120 g/mol. The van der Waals surface area contributed by atoms with Gasteiger partial charge in [-0.15, -0.1) is 0 Å². The van der Waals surface area contributed by atoms with E-state index in [1.807, 2.05) is 0 Å². The minimum absolute atomic E-state index is 1.07. The molecular formula is C10H18. The van der Waals surface area contributed by atoms with Gasteiger partial charge in [0.2, 0.25) is 0 Å². The highest BCUT2D eigenvalue weighted by atomic mass is 14.5. The Labute approximate surface area is 64.0 Å². The molecule has 3 rings (SSSR count). The fourth-order valence-corrected chi connectivity index (χ4v) is 3.10. The molecule has 0 spiro atoms. The molecule has 0 aromatic carbocycles. The lowest BCUT2D eigenvalue weighted by atomic mass is 9.81. The number of rotatable bonds is 2. The predicted octanol–water partition coefficient (Wildman–Crippen LogP) is 3.08. The van der Waals surface area contributed by atoms with Gasteiger partial charge in [0, 0.05) is 0 Å². The maximum atomic E-state index is 2.47. The van der Waals surface area contributed by atoms with Gasteiger partial charge in [0.25, 0.3) is 0 Å². The largest absolute Gasteiger partial charge is 0.0654 e. The van der Waals surface area contributed by atoms with Gasteiger partial charge in [-0.1, -0.05) is 26.7 Å². The van der Waals surface area contributed by atoms with E-state index in [-0.39, 0.29) is 0 Å². The van der Waals surface area contributed by atoms with Gasteiger partial charge < -0.3 is 0 Å². The minimum atomic E-state index is 1.07. The average Bonchev–Trinajstić information content (AvgIpc) is 2.20. The van der Waals surface area contributed by atoms with E-state index in [0.717, 1.165) is 23.7 Å². The lowest BCUT2D eigenvalue weighted by Gasteiger charge is -2.24. The van der Waals surface area contributed by atoms with Gasteiger partial charge in [-0.2, -0.15) is 0 Å². The van der Waals surface area contributed by atoms with Crippen molar-refractivity contribution in [3.8, 4) is 0 Å². The molecule has 3 fully saturated rings. The van der Waals surface area contributed by atoms with Gasteiger partial charge in [-0.3, -0.25) is 0 Å². The molecule has 0 heteroatoms. The lowest BCUT2D eigenvalue weighted by molar-refractivity contribution is 0.266. The summed E-state index contributed by atoms with van der Waals surface area (Å²) in [6.45, 7) is 4.79. The van der Waals surface area contributed by atoms with Crippen LogP contribution >= 0.6 is 0 Å². The molecule has 0 radical (unpaired) electrons. The maximum absolute atomic E-state index is 2.47. The van der Waals surface area contributed by atoms with Gasteiger partial charge in [0.15, 0.2) is 0 Å². The topological polar surface area (TPSA) is 0 Å². The van der Waals surface area contributed by atoms with E-state index in [2.05, 4.69) is 13.8 Å². The van der Waals surface area contributed by atoms with Crippen molar-refractivity contribution in [2.45, 2.75) is 39.5 Å². The van der Waals surface area contributed by atoms with Crippen LogP contribution in [0.15, 0.2) is 0 Å². The molecule has 0 N–H and O–H groups in total. The van der Waals surface area contributed by atoms with E-state index in [9.17, 15) is 0 Å². The molecule has 0 aliphatic heterocycles. The van der Waals surface area contributed by atoms with Crippen molar-refractivity contribution >= 4 is 0 Å². The van der Waals surface area contributed by atoms with E-state index in [0.29, 0.717) is 0 Å². The fourth-order valence-electron chi connectivity index (χ4n) is 3.10. The highest BCUT2D eigenvalue weighted by molar-refractivity contribution is 4.98. The summed E-state index contributed by atoms with van der Waals surface area (Å²) in [4.78, 5) is 0. The Morgan fingerprint density at radius 3 is 2.30 bits per heavy atom. The maximum Gasteiger partial charge on any atom is -0.0357 e. The molecule has 0 aromatic rings. The van der Waals surface area contributed by atoms with Crippen molar-refractivity contribution in [2.24, 2.45) is 23.7 Å². The second-order valence-electron chi connectivity index (χ2n) is 4.30. The zero-order chi connectivity index (χ0) is 7.14. The van der Waals surface area contributed by atoms with Gasteiger partial charge in [-0.25, -0.2) is 0 Å². The van der Waals surface area contributed by atoms with Crippen LogP contribution in [0.4, 0.5) is 0 Å². The summed E-state index contributed by atoms with van der Waals surface area (Å²) >= 11 is 0. The van der Waals surface area contributed by atoms with Gasteiger partial charge >= 0.3 is 0 Å². The van der Waals surface area contributed by atoms with Crippen LogP contribution in [-0.4, -0.2) is 0 Å². The number of hydrogen-bond acceptors (Lipinski definition) is 0. The highest BCUT2D eigenvalue weighted by Gasteiger charge is 2.48. The molecule has 0 amide bonds. The van der Waals surface area contributed by atoms with Crippen LogP contribution in [0.3, 0.4) is 0 Å². The van der Waals surface area contributed by atoms with Crippen LogP contribution < -0.4 is 0 Å². The third-order valence-corrected chi connectivity index (χ3v) is 3.86. The Balaban J connectivity index is 1.96. The Morgan fingerprint density at radius 1 is 1.20 bits per heavy atom. The molecule has 2 bridgehead atoms. The van der Waals surface area contributed by atoms with Crippen LogP contribution in [0.2, 0.25) is 0 Å². The molecule has 10 heavy (non-hydrogen) atoms. The predicted molar refractivity (Wildman–Crippen MR) is 43.8 cm³/mol. The summed E-state index contributed by atoms with van der Waals surface area (Å²) in [5.41, 5.74) is 0. The molecule has 0 nitrogen and oxygen atoms in total. The fraction of sp³-hybridized carbons (Fsp3) is 1.00. The second kappa shape index (κ2) is 2.25. The molecule has 0 saturated heterocycles. The SMILES string of the molecule is CCCC1C2CC(C2)[C@H]1C. The molecule has 2 atom stereocenters. The van der Waals surface area contributed by atoms with Crippen LogP contribution in [0, 0.1) is 23.7 Å². The third-order valence-electron chi connectivity index (χ3n) is 3.86. The highest BCUT2D eigenvalue weighted by Crippen LogP contribution is 2.57. The van der Waals surface area contributed by atoms with E-state index < -0.39 is 0 Å². The molecule has 3 aliphatic carbocycles. The summed E-state index contributed by atoms with van der Waals surface area (Å²) in [6.07, 6.45) is 6.05. The van der Waals surface area contributed by atoms with E-state index in [1.165, 1.54) is 12.8 Å². The first-order valence-corrected chi connectivity index (χ1v) is 4.83. The van der Waals surface area contributed by atoms with Crippen LogP contribution in [0.25, 0.3) is 0 Å². The van der Waals surface area contributed by atoms with Crippen molar-refractivity contribution in [1.29, 1.82) is 0 Å². The van der Waals surface area contributed by atoms with Crippen molar-refractivity contribution in [3.63, 3.8) is 0 Å². The molecule has 1 unspecified atom stereocenters. The summed E-state index contributed by atoms with van der Waals surface area (Å²) < 4.78 is 0. The van der Waals surface area contributed by atoms with E-state index in [4.69, 9.17) is 0 Å². The number of fused-ring (bicyclic) bond motifs is 1. The Morgan fingerprint density at radius 2 is 1.90 bits per heavy atom. The standard InChI is InChI=1S/C10H18/c1-3-4-10-7(2)8-5-9(10)6-8/h7-10H,3-6H2,1-2H3/t7-,8?,9?,10?/m1/s1. The Kier molecular flexibility index (Phi) is 1.51. The van der Waals surface area contributed by atoms with E-state index >= 15 is 0 Å². The molecule has 58 valence electrons. The van der Waals surface area contributed by atoms with E-state index in [1.54, 1.807) is 12.8 Å². The molecule has 3 saturated carbocycles. The van der Waals surface area contributed by atoms with Gasteiger partial charge in [0.05, 0.1) is 0 Å². The zero-order valence-corrected chi connectivity index (χ0v) is 7.14. The van der Waals surface area contributed by atoms with Crippen molar-refractivity contribution < 1.29 is 0 Å². The second-order valence-corrected chi connectivity index (χ2v) is 4.30. The first-order chi connectivity index (χ1) is 4.83. The quantitative estimate of drug-likeness (QED) is 0.550. The first-order valence-electron chi connectivity index (χ1n) is 4.83. The average molecular weight is 138 g/mol. The third kappa shape index (κ3) is 0.741. The molecule has 0 aromatic heterocycles. The summed E-state index contributed by atoms with van der Waals surface area (Å²) in [5.74, 6) is 4.49. The van der Waals surface area contributed by atoms with Crippen LogP contribution in [0.1, 0.15) is 39.5 Å². The number of hydrogen-bond donors (Lipinski definition) is 0. The van der Waals surface area contributed by atoms with Crippen molar-refractivity contribution in [3.05, 3.63) is 0 Å². The normalized spacial score (nSPS) is 51.0. The summed E-state index contributed by atoms with van der Waals surface area (Å²) in [6, 6.07) is 0. The van der Waals surface area contributed by atoms with Gasteiger partial charge in [-0.05, 0) is 36.5 Å². The Bertz CT molecular complexity index is 122. The van der Waals surface area contributed by atoms with Crippen LogP contribution in [0.5, 0.6) is 0 Å².